The van der Waals surface area contributed by atoms with Crippen molar-refractivity contribution in [1.82, 2.24) is 15.1 Å². The predicted molar refractivity (Wildman–Crippen MR) is 82.8 cm³/mol. The molecule has 1 amide bonds. The summed E-state index contributed by atoms with van der Waals surface area (Å²) in [6.45, 7) is 2.74. The summed E-state index contributed by atoms with van der Waals surface area (Å²) in [5, 5.41) is 8.45. The number of nitrogens with zero attached hydrogens (tertiary/aromatic N) is 2. The lowest BCUT2D eigenvalue weighted by Crippen LogP contribution is -2.27. The van der Waals surface area contributed by atoms with Crippen LogP contribution in [-0.4, -0.2) is 15.7 Å². The van der Waals surface area contributed by atoms with Crippen molar-refractivity contribution in [2.45, 2.75) is 20.0 Å². The van der Waals surface area contributed by atoms with E-state index in [-0.39, 0.29) is 12.5 Å². The van der Waals surface area contributed by atoms with Gasteiger partial charge < -0.3 is 5.32 Å². The largest absolute Gasteiger partial charge is 0.350 e. The van der Waals surface area contributed by atoms with E-state index in [1.807, 2.05) is 61.5 Å². The molecule has 4 heteroatoms. The van der Waals surface area contributed by atoms with E-state index in [1.165, 1.54) is 0 Å². The van der Waals surface area contributed by atoms with Crippen molar-refractivity contribution >= 4 is 16.8 Å². The SMILES string of the molecule is Cc1nn(CC(=O)NCc2ccccc2)c2ccccc12. The normalized spacial score (nSPS) is 10.7. The molecular formula is C17H17N3O. The minimum Gasteiger partial charge on any atom is -0.350 e. The Hall–Kier alpha value is -2.62. The summed E-state index contributed by atoms with van der Waals surface area (Å²) in [5.74, 6) is -0.0351. The second kappa shape index (κ2) is 5.79. The van der Waals surface area contributed by atoms with E-state index < -0.39 is 0 Å². The third-order valence-electron chi connectivity index (χ3n) is 3.47. The molecule has 1 N–H and O–H groups in total. The molecule has 0 fully saturated rings. The average Bonchev–Trinajstić information content (AvgIpc) is 2.83. The van der Waals surface area contributed by atoms with E-state index in [4.69, 9.17) is 0 Å². The van der Waals surface area contributed by atoms with Gasteiger partial charge in [0, 0.05) is 11.9 Å². The first-order chi connectivity index (χ1) is 10.2. The standard InChI is InChI=1S/C17H17N3O/c1-13-15-9-5-6-10-16(15)20(19-13)12-17(21)18-11-14-7-3-2-4-8-14/h2-10H,11-12H2,1H3,(H,18,21). The van der Waals surface area contributed by atoms with Crippen LogP contribution >= 0.6 is 0 Å². The van der Waals surface area contributed by atoms with Crippen molar-refractivity contribution < 1.29 is 4.79 Å². The van der Waals surface area contributed by atoms with Crippen LogP contribution in [0, 0.1) is 6.92 Å². The van der Waals surface area contributed by atoms with E-state index >= 15 is 0 Å². The van der Waals surface area contributed by atoms with Gasteiger partial charge in [0.05, 0.1) is 11.2 Å². The number of benzene rings is 2. The minimum absolute atomic E-state index is 0.0351. The van der Waals surface area contributed by atoms with Crippen LogP contribution in [0.5, 0.6) is 0 Å². The van der Waals surface area contributed by atoms with E-state index in [0.29, 0.717) is 6.54 Å². The number of nitrogens with one attached hydrogen (secondary N) is 1. The molecule has 0 aliphatic rings. The molecule has 3 rings (SSSR count). The van der Waals surface area contributed by atoms with E-state index in [0.717, 1.165) is 22.2 Å². The third kappa shape index (κ3) is 2.94. The number of rotatable bonds is 4. The monoisotopic (exact) mass is 279 g/mol. The molecule has 1 aromatic heterocycles. The minimum atomic E-state index is -0.0351. The zero-order chi connectivity index (χ0) is 14.7. The van der Waals surface area contributed by atoms with Gasteiger partial charge in [-0.15, -0.1) is 0 Å². The van der Waals surface area contributed by atoms with Crippen molar-refractivity contribution in [2.24, 2.45) is 0 Å². The van der Waals surface area contributed by atoms with Gasteiger partial charge in [0.2, 0.25) is 5.91 Å². The summed E-state index contributed by atoms with van der Waals surface area (Å²) < 4.78 is 1.75. The predicted octanol–water partition coefficient (Wildman–Crippen LogP) is 2.66. The van der Waals surface area contributed by atoms with Gasteiger partial charge in [-0.2, -0.15) is 5.10 Å². The number of hydrogen-bond donors (Lipinski definition) is 1. The van der Waals surface area contributed by atoms with Gasteiger partial charge in [-0.3, -0.25) is 9.48 Å². The van der Waals surface area contributed by atoms with Gasteiger partial charge in [-0.05, 0) is 18.6 Å². The summed E-state index contributed by atoms with van der Waals surface area (Å²) in [6, 6.07) is 17.8. The molecule has 0 spiro atoms. The smallest absolute Gasteiger partial charge is 0.242 e. The Balaban J connectivity index is 1.69. The lowest BCUT2D eigenvalue weighted by Gasteiger charge is -2.06. The molecule has 0 atom stereocenters. The molecule has 0 aliphatic heterocycles. The number of hydrogen-bond acceptors (Lipinski definition) is 2. The Labute approximate surface area is 123 Å². The lowest BCUT2D eigenvalue weighted by molar-refractivity contribution is -0.121. The van der Waals surface area contributed by atoms with Crippen molar-refractivity contribution in [3.8, 4) is 0 Å². The summed E-state index contributed by atoms with van der Waals surface area (Å²) in [7, 11) is 0. The number of para-hydroxylation sites is 1. The number of aromatic nitrogens is 2. The highest BCUT2D eigenvalue weighted by atomic mass is 16.2. The van der Waals surface area contributed by atoms with Crippen LogP contribution in [0.15, 0.2) is 54.6 Å². The fourth-order valence-corrected chi connectivity index (χ4v) is 2.40. The lowest BCUT2D eigenvalue weighted by atomic mass is 10.2. The highest BCUT2D eigenvalue weighted by molar-refractivity contribution is 5.84. The van der Waals surface area contributed by atoms with Crippen LogP contribution < -0.4 is 5.32 Å². The number of carbonyl (C=O) groups excluding carboxylic acids is 1. The highest BCUT2D eigenvalue weighted by Crippen LogP contribution is 2.17. The van der Waals surface area contributed by atoms with Gasteiger partial charge in [-0.25, -0.2) is 0 Å². The van der Waals surface area contributed by atoms with E-state index in [2.05, 4.69) is 10.4 Å². The fourth-order valence-electron chi connectivity index (χ4n) is 2.40. The first-order valence-electron chi connectivity index (χ1n) is 6.97. The second-order valence-electron chi connectivity index (χ2n) is 5.02. The van der Waals surface area contributed by atoms with Gasteiger partial charge in [0.15, 0.2) is 0 Å². The summed E-state index contributed by atoms with van der Waals surface area (Å²) in [6.07, 6.45) is 0. The van der Waals surface area contributed by atoms with Gasteiger partial charge in [0.25, 0.3) is 0 Å². The fraction of sp³-hybridized carbons (Fsp3) is 0.176. The van der Waals surface area contributed by atoms with Crippen LogP contribution in [-0.2, 0) is 17.9 Å². The van der Waals surface area contributed by atoms with Crippen molar-refractivity contribution in [2.75, 3.05) is 0 Å². The second-order valence-corrected chi connectivity index (χ2v) is 5.02. The number of fused-ring (bicyclic) bond motifs is 1. The Kier molecular flexibility index (Phi) is 3.69. The first-order valence-corrected chi connectivity index (χ1v) is 6.97. The summed E-state index contributed by atoms with van der Waals surface area (Å²) in [5.41, 5.74) is 3.03. The quantitative estimate of drug-likeness (QED) is 0.798. The molecule has 106 valence electrons. The Bertz CT molecular complexity index is 762. The van der Waals surface area contributed by atoms with E-state index in [9.17, 15) is 4.79 Å². The summed E-state index contributed by atoms with van der Waals surface area (Å²) in [4.78, 5) is 12.1. The third-order valence-corrected chi connectivity index (χ3v) is 3.47. The summed E-state index contributed by atoms with van der Waals surface area (Å²) >= 11 is 0. The molecule has 0 radical (unpaired) electrons. The van der Waals surface area contributed by atoms with Crippen LogP contribution in [0.25, 0.3) is 10.9 Å². The van der Waals surface area contributed by atoms with Crippen molar-refractivity contribution in [1.29, 1.82) is 0 Å². The molecule has 4 nitrogen and oxygen atoms in total. The maximum atomic E-state index is 12.1. The van der Waals surface area contributed by atoms with Gasteiger partial charge in [0.1, 0.15) is 6.54 Å². The molecular weight excluding hydrogens is 262 g/mol. The number of aryl methyl sites for hydroxylation is 1. The Morgan fingerprint density at radius 2 is 1.81 bits per heavy atom. The number of carbonyl (C=O) groups is 1. The number of amides is 1. The molecule has 1 heterocycles. The van der Waals surface area contributed by atoms with Crippen LogP contribution in [0.2, 0.25) is 0 Å². The Morgan fingerprint density at radius 3 is 2.62 bits per heavy atom. The van der Waals surface area contributed by atoms with Crippen molar-refractivity contribution in [3.05, 3.63) is 65.9 Å². The molecule has 0 saturated carbocycles. The topological polar surface area (TPSA) is 46.9 Å². The van der Waals surface area contributed by atoms with Crippen LogP contribution in [0.4, 0.5) is 0 Å². The van der Waals surface area contributed by atoms with Gasteiger partial charge in [-0.1, -0.05) is 48.5 Å². The molecule has 0 saturated heterocycles. The highest BCUT2D eigenvalue weighted by Gasteiger charge is 2.09. The van der Waals surface area contributed by atoms with Crippen LogP contribution in [0.3, 0.4) is 0 Å². The molecule has 21 heavy (non-hydrogen) atoms. The van der Waals surface area contributed by atoms with Gasteiger partial charge >= 0.3 is 0 Å². The van der Waals surface area contributed by atoms with E-state index in [1.54, 1.807) is 4.68 Å². The molecule has 0 aliphatic carbocycles. The first kappa shape index (κ1) is 13.4. The zero-order valence-electron chi connectivity index (χ0n) is 11.9. The molecule has 3 aromatic rings. The average molecular weight is 279 g/mol. The zero-order valence-corrected chi connectivity index (χ0v) is 11.9. The van der Waals surface area contributed by atoms with Crippen molar-refractivity contribution in [3.63, 3.8) is 0 Å². The molecule has 0 bridgehead atoms. The Morgan fingerprint density at radius 1 is 1.10 bits per heavy atom. The van der Waals surface area contributed by atoms with Crippen LogP contribution in [0.1, 0.15) is 11.3 Å². The molecule has 2 aromatic carbocycles. The maximum absolute atomic E-state index is 12.1. The maximum Gasteiger partial charge on any atom is 0.242 e. The molecule has 0 unspecified atom stereocenters.